The number of benzene rings is 1. The highest BCUT2D eigenvalue weighted by Gasteiger charge is 2.57. The second-order valence-corrected chi connectivity index (χ2v) is 8.08. The monoisotopic (exact) mass is 462 g/mol. The Bertz CT molecular complexity index is 1220. The van der Waals surface area contributed by atoms with Crippen molar-refractivity contribution >= 4 is 7.82 Å². The van der Waals surface area contributed by atoms with E-state index < -0.39 is 49.9 Å². The fraction of sp³-hybridized carbons (Fsp3) is 0.412. The van der Waals surface area contributed by atoms with Crippen molar-refractivity contribution in [2.45, 2.75) is 30.9 Å². The van der Waals surface area contributed by atoms with Gasteiger partial charge in [0.25, 0.3) is 11.4 Å². The van der Waals surface area contributed by atoms with Crippen LogP contribution in [0.4, 0.5) is 4.39 Å². The standard InChI is InChI=1S/C17H18FN2O10P/c1-26-10-4-2-3-9-7-27-31(25,30-13(9)10)28-8-17(18)14(23)12(22)15(29-17)20-6-5-11(21)19-16(20)24/h2-6,12,14-15,22-23H,7-8H2,1H3,(H,19,21,24)/t12-,14+,15-,17-,31?/m1/s1/i8D2. The van der Waals surface area contributed by atoms with Gasteiger partial charge in [-0.1, -0.05) is 12.1 Å². The number of hydrogen-bond donors (Lipinski definition) is 3. The summed E-state index contributed by atoms with van der Waals surface area (Å²) in [7, 11) is -3.54. The Kier molecular flexibility index (Phi) is 4.86. The molecule has 2 aliphatic heterocycles. The minimum atomic E-state index is -4.84. The van der Waals surface area contributed by atoms with Crippen LogP contribution < -0.4 is 20.5 Å². The Hall–Kier alpha value is -2.54. The van der Waals surface area contributed by atoms with E-state index in [-0.39, 0.29) is 18.1 Å². The maximum atomic E-state index is 15.7. The number of aliphatic hydroxyl groups excluding tert-OH is 2. The van der Waals surface area contributed by atoms with Gasteiger partial charge in [0, 0.05) is 17.8 Å². The molecule has 0 aliphatic carbocycles. The number of H-pyrrole nitrogens is 1. The van der Waals surface area contributed by atoms with Crippen LogP contribution in [0.15, 0.2) is 40.1 Å². The average Bonchev–Trinajstić information content (AvgIpc) is 2.98. The Morgan fingerprint density at radius 1 is 1.42 bits per heavy atom. The molecule has 0 spiro atoms. The highest BCUT2D eigenvalue weighted by Crippen LogP contribution is 2.57. The van der Waals surface area contributed by atoms with Gasteiger partial charge in [-0.05, 0) is 6.07 Å². The molecular weight excluding hydrogens is 442 g/mol. The van der Waals surface area contributed by atoms with E-state index in [1.807, 2.05) is 4.98 Å². The van der Waals surface area contributed by atoms with Crippen molar-refractivity contribution in [2.75, 3.05) is 13.7 Å². The summed E-state index contributed by atoms with van der Waals surface area (Å²) in [5.74, 6) is -3.80. The highest BCUT2D eigenvalue weighted by atomic mass is 31.2. The van der Waals surface area contributed by atoms with Crippen LogP contribution in [0.3, 0.4) is 0 Å². The number of aliphatic hydroxyl groups is 2. The Morgan fingerprint density at radius 2 is 2.19 bits per heavy atom. The molecule has 1 aromatic carbocycles. The van der Waals surface area contributed by atoms with Crippen molar-refractivity contribution in [1.82, 2.24) is 9.55 Å². The first-order valence-corrected chi connectivity index (χ1v) is 10.2. The maximum Gasteiger partial charge on any atom is 0.530 e. The SMILES string of the molecule is [2H]C([2H])(OP1(=O)OCc2cccc(OC)c2O1)[C@@]1(F)O[C@@H](n2ccc(=O)[nH]c2=O)[C@H](O)[C@@H]1O. The summed E-state index contributed by atoms with van der Waals surface area (Å²) in [6.07, 6.45) is -5.92. The number of alkyl halides is 1. The predicted octanol–water partition coefficient (Wildman–Crippen LogP) is 0.195. The van der Waals surface area contributed by atoms with Crippen molar-refractivity contribution in [3.8, 4) is 11.5 Å². The van der Waals surface area contributed by atoms with Crippen LogP contribution in [-0.2, 0) is 25.0 Å². The number of nitrogens with one attached hydrogen (secondary N) is 1. The van der Waals surface area contributed by atoms with Gasteiger partial charge in [-0.2, -0.15) is 0 Å². The lowest BCUT2D eigenvalue weighted by Crippen LogP contribution is -2.43. The summed E-state index contributed by atoms with van der Waals surface area (Å²) in [6, 6.07) is 5.48. The number of ether oxygens (including phenoxy) is 2. The minimum Gasteiger partial charge on any atom is -0.493 e. The highest BCUT2D eigenvalue weighted by molar-refractivity contribution is 7.49. The summed E-state index contributed by atoms with van der Waals surface area (Å²) in [6.45, 7) is -4.09. The molecule has 0 radical (unpaired) electrons. The van der Waals surface area contributed by atoms with Crippen LogP contribution in [0, 0.1) is 0 Å². The van der Waals surface area contributed by atoms with E-state index in [1.54, 1.807) is 12.1 Å². The number of rotatable bonds is 5. The van der Waals surface area contributed by atoms with Gasteiger partial charge in [-0.25, -0.2) is 13.8 Å². The summed E-state index contributed by atoms with van der Waals surface area (Å²) < 4.78 is 70.0. The molecule has 2 aromatic rings. The van der Waals surface area contributed by atoms with Crippen LogP contribution in [0.2, 0.25) is 0 Å². The van der Waals surface area contributed by atoms with Crippen molar-refractivity contribution in [3.05, 3.63) is 56.9 Å². The van der Waals surface area contributed by atoms with Crippen LogP contribution in [0.1, 0.15) is 14.5 Å². The molecule has 1 unspecified atom stereocenters. The number of fused-ring (bicyclic) bond motifs is 1. The van der Waals surface area contributed by atoms with Crippen LogP contribution in [0.5, 0.6) is 11.5 Å². The number of hydrogen-bond acceptors (Lipinski definition) is 10. The van der Waals surface area contributed by atoms with E-state index >= 15 is 4.39 Å². The molecule has 4 rings (SSSR count). The first kappa shape index (κ1) is 19.2. The van der Waals surface area contributed by atoms with E-state index in [0.717, 1.165) is 12.3 Å². The normalized spacial score (nSPS) is 33.7. The Labute approximate surface area is 176 Å². The topological polar surface area (TPSA) is 159 Å². The van der Waals surface area contributed by atoms with Gasteiger partial charge in [-0.15, -0.1) is 0 Å². The van der Waals surface area contributed by atoms with Crippen molar-refractivity contribution in [2.24, 2.45) is 0 Å². The molecule has 12 nitrogen and oxygen atoms in total. The fourth-order valence-electron chi connectivity index (χ4n) is 3.01. The molecule has 1 saturated heterocycles. The molecule has 0 amide bonds. The smallest absolute Gasteiger partial charge is 0.493 e. The van der Waals surface area contributed by atoms with Crippen LogP contribution in [-0.4, -0.2) is 51.5 Å². The zero-order valence-corrected chi connectivity index (χ0v) is 16.7. The number of methoxy groups -OCH3 is 1. The van der Waals surface area contributed by atoms with Crippen molar-refractivity contribution < 1.29 is 45.0 Å². The molecule has 1 fully saturated rings. The van der Waals surface area contributed by atoms with Crippen LogP contribution in [0.25, 0.3) is 0 Å². The summed E-state index contributed by atoms with van der Waals surface area (Å²) >= 11 is 0. The van der Waals surface area contributed by atoms with Gasteiger partial charge in [0.1, 0.15) is 18.8 Å². The molecule has 5 atom stereocenters. The minimum absolute atomic E-state index is 0.0797. The largest absolute Gasteiger partial charge is 0.530 e. The van der Waals surface area contributed by atoms with Gasteiger partial charge in [0.15, 0.2) is 17.7 Å². The molecule has 1 aromatic heterocycles. The lowest BCUT2D eigenvalue weighted by atomic mass is 10.1. The lowest BCUT2D eigenvalue weighted by Gasteiger charge is -2.28. The van der Waals surface area contributed by atoms with Crippen LogP contribution >= 0.6 is 7.82 Å². The molecule has 2 aliphatic rings. The number of aromatic amines is 1. The summed E-state index contributed by atoms with van der Waals surface area (Å²) in [4.78, 5) is 25.1. The molecule has 31 heavy (non-hydrogen) atoms. The second-order valence-electron chi connectivity index (χ2n) is 6.56. The summed E-state index contributed by atoms with van der Waals surface area (Å²) in [5, 5.41) is 20.5. The van der Waals surface area contributed by atoms with E-state index in [0.29, 0.717) is 10.1 Å². The van der Waals surface area contributed by atoms with Gasteiger partial charge in [0.05, 0.1) is 16.5 Å². The zero-order valence-electron chi connectivity index (χ0n) is 17.8. The molecule has 168 valence electrons. The van der Waals surface area contributed by atoms with E-state index in [2.05, 4.69) is 0 Å². The number of aromatic nitrogens is 2. The van der Waals surface area contributed by atoms with E-state index in [9.17, 15) is 24.4 Å². The zero-order chi connectivity index (χ0) is 24.2. The second kappa shape index (κ2) is 7.86. The van der Waals surface area contributed by atoms with E-state index in [1.165, 1.54) is 13.2 Å². The molecule has 0 saturated carbocycles. The van der Waals surface area contributed by atoms with Gasteiger partial charge >= 0.3 is 13.5 Å². The lowest BCUT2D eigenvalue weighted by molar-refractivity contribution is -0.205. The first-order valence-electron chi connectivity index (χ1n) is 9.76. The number of halogens is 1. The molecule has 0 bridgehead atoms. The molecule has 3 N–H and O–H groups in total. The third-order valence-corrected chi connectivity index (χ3v) is 5.74. The average molecular weight is 462 g/mol. The molecular formula is C17H18FN2O10P. The third-order valence-electron chi connectivity index (χ3n) is 4.57. The molecule has 14 heteroatoms. The Balaban J connectivity index is 1.63. The third kappa shape index (κ3) is 3.91. The van der Waals surface area contributed by atoms with Gasteiger partial charge in [-0.3, -0.25) is 23.4 Å². The van der Waals surface area contributed by atoms with Crippen molar-refractivity contribution in [3.63, 3.8) is 0 Å². The van der Waals surface area contributed by atoms with Gasteiger partial charge < -0.3 is 24.2 Å². The Morgan fingerprint density at radius 3 is 2.90 bits per heavy atom. The first-order chi connectivity index (χ1) is 15.4. The molecule has 3 heterocycles. The fourth-order valence-corrected chi connectivity index (χ4v) is 4.12. The number of nitrogens with zero attached hydrogens (tertiary/aromatic N) is 1. The van der Waals surface area contributed by atoms with E-state index in [4.69, 9.17) is 25.8 Å². The predicted molar refractivity (Wildman–Crippen MR) is 99.3 cm³/mol. The number of phosphoric acid groups is 1. The van der Waals surface area contributed by atoms with Crippen molar-refractivity contribution in [1.29, 1.82) is 0 Å². The quantitative estimate of drug-likeness (QED) is 0.524. The maximum absolute atomic E-state index is 15.7. The number of phosphoric ester groups is 1. The summed E-state index contributed by atoms with van der Waals surface area (Å²) in [5.41, 5.74) is -1.53. The number of para-hydroxylation sites is 1. The van der Waals surface area contributed by atoms with Gasteiger partial charge in [0.2, 0.25) is 0 Å².